The Hall–Kier alpha value is 3.14. The van der Waals surface area contributed by atoms with Gasteiger partial charge in [-0.3, -0.25) is 0 Å². The second-order valence-electron chi connectivity index (χ2n) is 0. The van der Waals surface area contributed by atoms with Crippen LogP contribution in [0.1, 0.15) is 0 Å². The Morgan fingerprint density at radius 2 is 1.00 bits per heavy atom. The maximum absolute atomic E-state index is 0. The molecule has 4 heavy (non-hydrogen) atoms. The van der Waals surface area contributed by atoms with Crippen LogP contribution in [0.3, 0.4) is 0 Å². The molecular weight excluding hydrogens is 497 g/mol. The molecule has 0 atom stereocenters. The zero-order valence-electron chi connectivity index (χ0n) is 2.44. The minimum atomic E-state index is 0. The van der Waals surface area contributed by atoms with E-state index in [9.17, 15) is 0 Å². The van der Waals surface area contributed by atoms with Gasteiger partial charge in [0.05, 0.1) is 0 Å². The molecule has 0 aliphatic heterocycles. The summed E-state index contributed by atoms with van der Waals surface area (Å²) in [7, 11) is 0. The molecule has 0 N–H and O–H groups in total. The van der Waals surface area contributed by atoms with E-state index in [-0.39, 0.29) is 95.0 Å². The quantitative estimate of drug-likeness (QED) is 0.343. The Morgan fingerprint density at radius 1 is 1.00 bits per heavy atom. The molecule has 0 aliphatic rings. The van der Waals surface area contributed by atoms with Crippen LogP contribution in [0.4, 0.5) is 0 Å². The van der Waals surface area contributed by atoms with Crippen molar-refractivity contribution in [2.24, 2.45) is 0 Å². The monoisotopic (exact) mass is 504 g/mol. The van der Waals surface area contributed by atoms with Crippen LogP contribution in [-0.2, 0) is 43.8 Å². The molecule has 0 aliphatic carbocycles. The molecule has 0 fully saturated rings. The second-order valence-corrected chi connectivity index (χ2v) is 0. The van der Waals surface area contributed by atoms with Crippen LogP contribution in [0, 0.1) is 0 Å². The van der Waals surface area contributed by atoms with Gasteiger partial charge in [-0.05, 0) is 0 Å². The Labute approximate surface area is 93.1 Å². The van der Waals surface area contributed by atoms with Crippen LogP contribution in [-0.4, -0.2) is 51.2 Å². The first-order valence-corrected chi connectivity index (χ1v) is 0. The summed E-state index contributed by atoms with van der Waals surface area (Å²) >= 11 is 0. The molecule has 0 saturated heterocycles. The van der Waals surface area contributed by atoms with Gasteiger partial charge in [0, 0.05) is 43.8 Å². The van der Waals surface area contributed by atoms with Crippen molar-refractivity contribution in [1.82, 2.24) is 0 Å². The summed E-state index contributed by atoms with van der Waals surface area (Å²) in [5, 5.41) is 0. The van der Waals surface area contributed by atoms with Crippen molar-refractivity contribution in [2.75, 3.05) is 0 Å². The molecule has 0 unspecified atom stereocenters. The molecule has 4 heteroatoms. The Morgan fingerprint density at radius 3 is 1.00 bits per heavy atom. The van der Waals surface area contributed by atoms with E-state index in [0.717, 1.165) is 0 Å². The van der Waals surface area contributed by atoms with Crippen LogP contribution in [0.15, 0.2) is 0 Å². The van der Waals surface area contributed by atoms with Crippen LogP contribution < -0.4 is 0 Å². The fourth-order valence-corrected chi connectivity index (χ4v) is 0. The topological polar surface area (TPSA) is 0 Å². The van der Waals surface area contributed by atoms with Crippen molar-refractivity contribution < 1.29 is 43.8 Å². The van der Waals surface area contributed by atoms with Gasteiger partial charge in [0.25, 0.3) is 0 Å². The van der Waals surface area contributed by atoms with Crippen LogP contribution in [0.25, 0.3) is 0 Å². The molecule has 0 aromatic heterocycles. The zero-order chi connectivity index (χ0) is 0. The Balaban J connectivity index is 0. The predicted octanol–water partition coefficient (Wildman–Crippen LogP) is -1.84. The summed E-state index contributed by atoms with van der Waals surface area (Å²) in [5.74, 6) is 0. The van der Waals surface area contributed by atoms with E-state index in [1.54, 1.807) is 0 Å². The van der Waals surface area contributed by atoms with Gasteiger partial charge in [0.2, 0.25) is 0 Å². The van der Waals surface area contributed by atoms with Crippen molar-refractivity contribution in [2.45, 2.75) is 0 Å². The summed E-state index contributed by atoms with van der Waals surface area (Å²) in [4.78, 5) is 0. The van der Waals surface area contributed by atoms with Crippen molar-refractivity contribution >= 4 is 51.2 Å². The average Bonchev–Trinajstić information content (AvgIpc) is 0. The summed E-state index contributed by atoms with van der Waals surface area (Å²) < 4.78 is 0. The summed E-state index contributed by atoms with van der Waals surface area (Å²) in [6.07, 6.45) is 0. The Kier molecular flexibility index (Phi) is 112. The van der Waals surface area contributed by atoms with Gasteiger partial charge in [-0.2, -0.15) is 0 Å². The summed E-state index contributed by atoms with van der Waals surface area (Å²) in [6.45, 7) is 0. The standard InChI is InChI=1S/Cd.Ni.Pb.Sn.4H. The minimum absolute atomic E-state index is 0. The first-order valence-electron chi connectivity index (χ1n) is 0. The molecule has 0 aromatic carbocycles. The molecule has 4 radical (unpaired) electrons. The number of hydrogen-bond acceptors (Lipinski definition) is 0. The van der Waals surface area contributed by atoms with Gasteiger partial charge >= 0.3 is 51.2 Å². The van der Waals surface area contributed by atoms with E-state index >= 15 is 0 Å². The van der Waals surface area contributed by atoms with E-state index in [2.05, 4.69) is 0 Å². The van der Waals surface area contributed by atoms with E-state index < -0.39 is 0 Å². The van der Waals surface area contributed by atoms with Crippen molar-refractivity contribution in [1.29, 1.82) is 0 Å². The van der Waals surface area contributed by atoms with Gasteiger partial charge < -0.3 is 0 Å². The molecule has 0 nitrogen and oxygen atoms in total. The van der Waals surface area contributed by atoms with E-state index in [0.29, 0.717) is 0 Å². The molecule has 0 heterocycles. The number of rotatable bonds is 0. The molecule has 0 rings (SSSR count). The van der Waals surface area contributed by atoms with Crippen molar-refractivity contribution in [3.05, 3.63) is 0 Å². The molecule has 0 saturated carbocycles. The van der Waals surface area contributed by atoms with E-state index in [4.69, 9.17) is 0 Å². The third-order valence-electron chi connectivity index (χ3n) is 0. The van der Waals surface area contributed by atoms with Crippen LogP contribution >= 0.6 is 0 Å². The second kappa shape index (κ2) is 16.5. The molecular formula is H4CdNiPbSn. The molecule has 0 amide bonds. The van der Waals surface area contributed by atoms with Gasteiger partial charge in [0.15, 0.2) is 0 Å². The predicted molar refractivity (Wildman–Crippen MR) is 17.1 cm³/mol. The molecule has 0 bridgehead atoms. The van der Waals surface area contributed by atoms with Gasteiger partial charge in [0.1, 0.15) is 0 Å². The summed E-state index contributed by atoms with van der Waals surface area (Å²) in [5.41, 5.74) is 0. The normalized spacial score (nSPS) is 0. The zero-order valence-corrected chi connectivity index (χ0v) is 17.0. The van der Waals surface area contributed by atoms with Gasteiger partial charge in [-0.1, -0.05) is 0 Å². The fraction of sp³-hybridized carbons (Fsp3) is 0. The van der Waals surface area contributed by atoms with Crippen LogP contribution in [0.5, 0.6) is 0 Å². The summed E-state index contributed by atoms with van der Waals surface area (Å²) in [6, 6.07) is 0. The number of hydrogen-bond donors (Lipinski definition) is 0. The molecule has 0 aromatic rings. The molecule has 24 valence electrons. The van der Waals surface area contributed by atoms with Gasteiger partial charge in [-0.15, -0.1) is 0 Å². The fourth-order valence-electron chi connectivity index (χ4n) is 0. The average molecular weight is 501 g/mol. The van der Waals surface area contributed by atoms with Crippen molar-refractivity contribution in [3.8, 4) is 0 Å². The maximum atomic E-state index is 0. The van der Waals surface area contributed by atoms with Crippen LogP contribution in [0.2, 0.25) is 0 Å². The van der Waals surface area contributed by atoms with E-state index in [1.165, 1.54) is 0 Å². The first kappa shape index (κ1) is 27.3. The Bertz CT molecular complexity index is 8.00. The van der Waals surface area contributed by atoms with Crippen molar-refractivity contribution in [3.63, 3.8) is 0 Å². The molecule has 0 spiro atoms. The third-order valence-corrected chi connectivity index (χ3v) is 0. The van der Waals surface area contributed by atoms with Gasteiger partial charge in [-0.25, -0.2) is 0 Å². The first-order chi connectivity index (χ1) is 0. The van der Waals surface area contributed by atoms with E-state index in [1.807, 2.05) is 0 Å². The SMILES string of the molecule is [Cd].[Ni].[PbH2].[SnH2]. The third kappa shape index (κ3) is 8.93.